The number of hydrogen-bond donors (Lipinski definition) is 1. The lowest BCUT2D eigenvalue weighted by atomic mass is 9.94. The summed E-state index contributed by atoms with van der Waals surface area (Å²) in [6, 6.07) is 8.25. The topological polar surface area (TPSA) is 42.0 Å². The van der Waals surface area contributed by atoms with Gasteiger partial charge in [-0.25, -0.2) is 0 Å². The van der Waals surface area contributed by atoms with Crippen LogP contribution in [0.5, 0.6) is 0 Å². The van der Waals surface area contributed by atoms with Crippen molar-refractivity contribution < 1.29 is 4.79 Å². The summed E-state index contributed by atoms with van der Waals surface area (Å²) >= 11 is 0. The van der Waals surface area contributed by atoms with Crippen LogP contribution in [0.15, 0.2) is 24.3 Å². The SMILES string of the molecule is CCc1cccc(CC)c1NC(=O)c1c(C(C)C)cc(C)nc1C. The first-order valence-electron chi connectivity index (χ1n) is 8.79. The number of pyridine rings is 1. The van der Waals surface area contributed by atoms with Gasteiger partial charge in [0.25, 0.3) is 5.91 Å². The van der Waals surface area contributed by atoms with Gasteiger partial charge in [0.1, 0.15) is 0 Å². The first kappa shape index (κ1) is 18.2. The van der Waals surface area contributed by atoms with E-state index in [-0.39, 0.29) is 11.8 Å². The maximum Gasteiger partial charge on any atom is 0.257 e. The molecular weight excluding hydrogens is 296 g/mol. The van der Waals surface area contributed by atoms with Crippen molar-refractivity contribution in [1.82, 2.24) is 4.98 Å². The van der Waals surface area contributed by atoms with Crippen LogP contribution in [0.25, 0.3) is 0 Å². The molecule has 128 valence electrons. The van der Waals surface area contributed by atoms with Crippen molar-refractivity contribution in [2.24, 2.45) is 0 Å². The van der Waals surface area contributed by atoms with E-state index in [4.69, 9.17) is 0 Å². The van der Waals surface area contributed by atoms with Crippen LogP contribution in [0.3, 0.4) is 0 Å². The number of rotatable bonds is 5. The van der Waals surface area contributed by atoms with Gasteiger partial charge in [0.15, 0.2) is 0 Å². The van der Waals surface area contributed by atoms with Crippen molar-refractivity contribution in [3.05, 3.63) is 57.9 Å². The normalized spacial score (nSPS) is 11.0. The minimum atomic E-state index is -0.0562. The summed E-state index contributed by atoms with van der Waals surface area (Å²) in [7, 11) is 0. The number of amides is 1. The Bertz CT molecular complexity index is 725. The van der Waals surface area contributed by atoms with E-state index in [2.05, 4.69) is 56.2 Å². The highest BCUT2D eigenvalue weighted by atomic mass is 16.1. The number of nitrogens with one attached hydrogen (secondary N) is 1. The van der Waals surface area contributed by atoms with E-state index >= 15 is 0 Å². The molecule has 0 aliphatic rings. The van der Waals surface area contributed by atoms with Crippen LogP contribution in [-0.2, 0) is 12.8 Å². The van der Waals surface area contributed by atoms with Crippen LogP contribution >= 0.6 is 0 Å². The van der Waals surface area contributed by atoms with E-state index in [1.165, 1.54) is 11.1 Å². The molecule has 1 aromatic carbocycles. The third-order valence-electron chi connectivity index (χ3n) is 4.45. The van der Waals surface area contributed by atoms with Crippen LogP contribution in [-0.4, -0.2) is 10.9 Å². The van der Waals surface area contributed by atoms with E-state index in [1.807, 2.05) is 19.9 Å². The number of aryl methyl sites for hydroxylation is 4. The molecule has 0 unspecified atom stereocenters. The minimum Gasteiger partial charge on any atom is -0.321 e. The molecule has 0 fully saturated rings. The molecule has 0 saturated carbocycles. The molecule has 2 aromatic rings. The fraction of sp³-hybridized carbons (Fsp3) is 0.429. The Kier molecular flexibility index (Phi) is 5.76. The van der Waals surface area contributed by atoms with Crippen molar-refractivity contribution >= 4 is 11.6 Å². The number of benzene rings is 1. The number of carbonyl (C=O) groups excluding carboxylic acids is 1. The van der Waals surface area contributed by atoms with E-state index in [1.54, 1.807) is 0 Å². The predicted molar refractivity (Wildman–Crippen MR) is 101 cm³/mol. The summed E-state index contributed by atoms with van der Waals surface area (Å²) in [5.41, 5.74) is 6.83. The van der Waals surface area contributed by atoms with Gasteiger partial charge in [0.05, 0.1) is 11.3 Å². The van der Waals surface area contributed by atoms with Gasteiger partial charge in [-0.3, -0.25) is 9.78 Å². The lowest BCUT2D eigenvalue weighted by molar-refractivity contribution is 0.102. The molecule has 0 saturated heterocycles. The average Bonchev–Trinajstić information content (AvgIpc) is 2.53. The summed E-state index contributed by atoms with van der Waals surface area (Å²) in [5.74, 6) is 0.220. The van der Waals surface area contributed by atoms with Crippen molar-refractivity contribution in [3.8, 4) is 0 Å². The van der Waals surface area contributed by atoms with Crippen LogP contribution in [0.4, 0.5) is 5.69 Å². The second-order valence-corrected chi connectivity index (χ2v) is 6.58. The van der Waals surface area contributed by atoms with Gasteiger partial charge in [-0.2, -0.15) is 0 Å². The molecular formula is C21H28N2O. The molecule has 1 aromatic heterocycles. The fourth-order valence-electron chi connectivity index (χ4n) is 3.19. The highest BCUT2D eigenvalue weighted by molar-refractivity contribution is 6.07. The largest absolute Gasteiger partial charge is 0.321 e. The summed E-state index contributed by atoms with van der Waals surface area (Å²) in [6.45, 7) is 12.3. The Balaban J connectivity index is 2.49. The molecule has 1 N–H and O–H groups in total. The number of anilines is 1. The molecule has 3 nitrogen and oxygen atoms in total. The monoisotopic (exact) mass is 324 g/mol. The molecule has 1 heterocycles. The highest BCUT2D eigenvalue weighted by Crippen LogP contribution is 2.27. The first-order chi connectivity index (χ1) is 11.4. The van der Waals surface area contributed by atoms with E-state index in [0.29, 0.717) is 5.56 Å². The van der Waals surface area contributed by atoms with Gasteiger partial charge >= 0.3 is 0 Å². The molecule has 0 radical (unpaired) electrons. The maximum absolute atomic E-state index is 13.1. The average molecular weight is 324 g/mol. The first-order valence-corrected chi connectivity index (χ1v) is 8.79. The van der Waals surface area contributed by atoms with Crippen LogP contribution < -0.4 is 5.32 Å². The standard InChI is InChI=1S/C21H28N2O/c1-7-16-10-9-11-17(8-2)20(16)23-21(24)19-15(6)22-14(5)12-18(19)13(3)4/h9-13H,7-8H2,1-6H3,(H,23,24). The number of nitrogens with zero attached hydrogens (tertiary/aromatic N) is 1. The Hall–Kier alpha value is -2.16. The molecule has 0 bridgehead atoms. The van der Waals surface area contributed by atoms with E-state index < -0.39 is 0 Å². The Morgan fingerprint density at radius 2 is 1.71 bits per heavy atom. The lowest BCUT2D eigenvalue weighted by Crippen LogP contribution is -2.19. The predicted octanol–water partition coefficient (Wildman–Crippen LogP) is 5.20. The third-order valence-corrected chi connectivity index (χ3v) is 4.45. The molecule has 0 spiro atoms. The Morgan fingerprint density at radius 1 is 1.12 bits per heavy atom. The molecule has 0 atom stereocenters. The molecule has 3 heteroatoms. The molecule has 2 rings (SSSR count). The van der Waals surface area contributed by atoms with Crippen molar-refractivity contribution in [2.45, 2.75) is 60.3 Å². The summed E-state index contributed by atoms with van der Waals surface area (Å²) in [5, 5.41) is 3.17. The van der Waals surface area contributed by atoms with Crippen molar-refractivity contribution in [1.29, 1.82) is 0 Å². The van der Waals surface area contributed by atoms with Crippen LogP contribution in [0, 0.1) is 13.8 Å². The zero-order chi connectivity index (χ0) is 17.9. The second-order valence-electron chi connectivity index (χ2n) is 6.58. The van der Waals surface area contributed by atoms with Crippen LogP contribution in [0.2, 0.25) is 0 Å². The number of para-hydroxylation sites is 1. The van der Waals surface area contributed by atoms with Gasteiger partial charge in [-0.1, -0.05) is 45.9 Å². The van der Waals surface area contributed by atoms with Gasteiger partial charge < -0.3 is 5.32 Å². The number of hydrogen-bond acceptors (Lipinski definition) is 2. The van der Waals surface area contributed by atoms with E-state index in [9.17, 15) is 4.79 Å². The van der Waals surface area contributed by atoms with Crippen molar-refractivity contribution in [2.75, 3.05) is 5.32 Å². The fourth-order valence-corrected chi connectivity index (χ4v) is 3.19. The smallest absolute Gasteiger partial charge is 0.257 e. The summed E-state index contributed by atoms with van der Waals surface area (Å²) in [4.78, 5) is 17.6. The quantitative estimate of drug-likeness (QED) is 0.821. The van der Waals surface area contributed by atoms with Crippen molar-refractivity contribution in [3.63, 3.8) is 0 Å². The lowest BCUT2D eigenvalue weighted by Gasteiger charge is -2.18. The van der Waals surface area contributed by atoms with Gasteiger partial charge in [-0.05, 0) is 55.4 Å². The highest BCUT2D eigenvalue weighted by Gasteiger charge is 2.20. The number of carbonyl (C=O) groups is 1. The molecule has 0 aliphatic heterocycles. The maximum atomic E-state index is 13.1. The third kappa shape index (κ3) is 3.66. The molecule has 0 aliphatic carbocycles. The van der Waals surface area contributed by atoms with Gasteiger partial charge in [-0.15, -0.1) is 0 Å². The summed E-state index contributed by atoms with van der Waals surface area (Å²) in [6.07, 6.45) is 1.79. The van der Waals surface area contributed by atoms with Gasteiger partial charge in [0.2, 0.25) is 0 Å². The molecule has 24 heavy (non-hydrogen) atoms. The number of aromatic nitrogens is 1. The molecule has 1 amide bonds. The van der Waals surface area contributed by atoms with Crippen LogP contribution in [0.1, 0.15) is 72.0 Å². The zero-order valence-corrected chi connectivity index (χ0v) is 15.7. The van der Waals surface area contributed by atoms with E-state index in [0.717, 1.165) is 35.5 Å². The zero-order valence-electron chi connectivity index (χ0n) is 15.7. The Morgan fingerprint density at radius 3 is 2.21 bits per heavy atom. The summed E-state index contributed by atoms with van der Waals surface area (Å²) < 4.78 is 0. The second kappa shape index (κ2) is 7.61. The Labute approximate surface area is 145 Å². The minimum absolute atomic E-state index is 0.0562. The van der Waals surface area contributed by atoms with Gasteiger partial charge in [0, 0.05) is 11.4 Å².